The molecular weight excluding hydrogens is 288 g/mol. The van der Waals surface area contributed by atoms with Gasteiger partial charge in [-0.25, -0.2) is 4.79 Å². The monoisotopic (exact) mass is 320 g/mol. The molecule has 0 amide bonds. The second-order valence-electron chi connectivity index (χ2n) is 6.22. The molecule has 0 bridgehead atoms. The first-order valence-electron chi connectivity index (χ1n) is 9.09. The van der Waals surface area contributed by atoms with Gasteiger partial charge in [-0.1, -0.05) is 50.1 Å². The summed E-state index contributed by atoms with van der Waals surface area (Å²) in [6.45, 7) is 2.22. The van der Waals surface area contributed by atoms with Gasteiger partial charge in [0.1, 0.15) is 0 Å². The number of rotatable bonds is 12. The summed E-state index contributed by atoms with van der Waals surface area (Å²) in [6.07, 6.45) is 23.8. The second kappa shape index (κ2) is 13.1. The number of carboxylic acids is 1. The number of hydrogen-bond acceptors (Lipinski definition) is 2. The van der Waals surface area contributed by atoms with Crippen molar-refractivity contribution in [1.82, 2.24) is 0 Å². The zero-order valence-corrected chi connectivity index (χ0v) is 14.5. The first-order valence-corrected chi connectivity index (χ1v) is 9.09. The van der Waals surface area contributed by atoms with Crippen LogP contribution in [-0.4, -0.2) is 23.3 Å². The van der Waals surface area contributed by atoms with Crippen LogP contribution in [0.2, 0.25) is 0 Å². The molecule has 1 aliphatic heterocycles. The van der Waals surface area contributed by atoms with Gasteiger partial charge in [-0.05, 0) is 51.4 Å². The van der Waals surface area contributed by atoms with Gasteiger partial charge in [0.25, 0.3) is 0 Å². The smallest absolute Gasteiger partial charge is 0.328 e. The number of carbonyl (C=O) groups is 1. The lowest BCUT2D eigenvalue weighted by atomic mass is 10.1. The summed E-state index contributed by atoms with van der Waals surface area (Å²) in [5.74, 6) is -0.898. The first kappa shape index (κ1) is 19.7. The van der Waals surface area contributed by atoms with Crippen LogP contribution in [0.15, 0.2) is 36.5 Å². The fourth-order valence-electron chi connectivity index (χ4n) is 2.87. The van der Waals surface area contributed by atoms with Crippen molar-refractivity contribution in [3.63, 3.8) is 0 Å². The van der Waals surface area contributed by atoms with E-state index in [1.54, 1.807) is 12.2 Å². The van der Waals surface area contributed by atoms with Crippen molar-refractivity contribution in [2.24, 2.45) is 0 Å². The maximum absolute atomic E-state index is 10.3. The van der Waals surface area contributed by atoms with E-state index in [1.165, 1.54) is 38.5 Å². The molecule has 1 fully saturated rings. The summed E-state index contributed by atoms with van der Waals surface area (Å²) in [7, 11) is 0. The van der Waals surface area contributed by atoms with Crippen molar-refractivity contribution < 1.29 is 14.6 Å². The predicted molar refractivity (Wildman–Crippen MR) is 95.6 cm³/mol. The topological polar surface area (TPSA) is 46.5 Å². The van der Waals surface area contributed by atoms with Crippen molar-refractivity contribution in [2.75, 3.05) is 0 Å². The third kappa shape index (κ3) is 10.9. The molecular formula is C20H32O3. The van der Waals surface area contributed by atoms with E-state index >= 15 is 0 Å². The van der Waals surface area contributed by atoms with E-state index in [0.717, 1.165) is 31.8 Å². The van der Waals surface area contributed by atoms with Crippen LogP contribution in [0.25, 0.3) is 0 Å². The van der Waals surface area contributed by atoms with Crippen LogP contribution in [0.1, 0.15) is 71.1 Å². The van der Waals surface area contributed by atoms with Crippen LogP contribution in [0.5, 0.6) is 0 Å². The molecule has 0 aromatic carbocycles. The van der Waals surface area contributed by atoms with E-state index in [2.05, 4.69) is 19.1 Å². The van der Waals surface area contributed by atoms with Crippen LogP contribution in [-0.2, 0) is 9.53 Å². The Labute approximate surface area is 141 Å². The molecule has 1 heterocycles. The number of unbranched alkanes of at least 4 members (excludes halogenated alkanes) is 4. The third-order valence-corrected chi connectivity index (χ3v) is 4.10. The first-order chi connectivity index (χ1) is 11.2. The highest BCUT2D eigenvalue weighted by Crippen LogP contribution is 2.25. The summed E-state index contributed by atoms with van der Waals surface area (Å²) in [4.78, 5) is 10.3. The molecule has 130 valence electrons. The summed E-state index contributed by atoms with van der Waals surface area (Å²) in [5, 5.41) is 8.43. The van der Waals surface area contributed by atoms with Crippen LogP contribution < -0.4 is 0 Å². The van der Waals surface area contributed by atoms with E-state index in [1.807, 2.05) is 6.08 Å². The number of ether oxygens (including phenoxy) is 1. The number of carboxylic acid groups (broad SMARTS) is 1. The van der Waals surface area contributed by atoms with Crippen LogP contribution in [0.3, 0.4) is 0 Å². The lowest BCUT2D eigenvalue weighted by Crippen LogP contribution is -2.09. The van der Waals surface area contributed by atoms with Crippen molar-refractivity contribution in [2.45, 2.75) is 83.3 Å². The minimum atomic E-state index is -0.898. The predicted octanol–water partition coefficient (Wildman–Crippen LogP) is 5.43. The van der Waals surface area contributed by atoms with E-state index in [9.17, 15) is 4.79 Å². The van der Waals surface area contributed by atoms with Crippen LogP contribution >= 0.6 is 0 Å². The Balaban J connectivity index is 1.92. The zero-order chi connectivity index (χ0) is 16.8. The number of hydrogen-bond donors (Lipinski definition) is 1. The molecule has 0 aromatic heterocycles. The molecule has 1 saturated heterocycles. The minimum absolute atomic E-state index is 0.451. The molecule has 2 unspecified atom stereocenters. The molecule has 0 aliphatic carbocycles. The molecule has 3 nitrogen and oxygen atoms in total. The summed E-state index contributed by atoms with van der Waals surface area (Å²) >= 11 is 0. The molecule has 3 heteroatoms. The molecule has 0 radical (unpaired) electrons. The molecule has 1 rings (SSSR count). The molecule has 0 spiro atoms. The lowest BCUT2D eigenvalue weighted by molar-refractivity contribution is -0.131. The normalized spacial score (nSPS) is 22.0. The highest BCUT2D eigenvalue weighted by Gasteiger charge is 2.22. The Morgan fingerprint density at radius 2 is 1.78 bits per heavy atom. The van der Waals surface area contributed by atoms with E-state index in [0.29, 0.717) is 12.2 Å². The molecule has 0 saturated carbocycles. The van der Waals surface area contributed by atoms with Crippen molar-refractivity contribution in [3.05, 3.63) is 36.5 Å². The maximum atomic E-state index is 10.3. The molecule has 1 aliphatic rings. The van der Waals surface area contributed by atoms with E-state index in [-0.39, 0.29) is 0 Å². The van der Waals surface area contributed by atoms with Gasteiger partial charge in [0.2, 0.25) is 0 Å². The van der Waals surface area contributed by atoms with Gasteiger partial charge < -0.3 is 9.84 Å². The largest absolute Gasteiger partial charge is 0.478 e. The molecule has 2 atom stereocenters. The van der Waals surface area contributed by atoms with Gasteiger partial charge >= 0.3 is 5.97 Å². The third-order valence-electron chi connectivity index (χ3n) is 4.10. The minimum Gasteiger partial charge on any atom is -0.478 e. The Bertz CT molecular complexity index is 396. The van der Waals surface area contributed by atoms with Crippen LogP contribution in [0, 0.1) is 0 Å². The summed E-state index contributed by atoms with van der Waals surface area (Å²) in [6, 6.07) is 0. The average molecular weight is 320 g/mol. The quantitative estimate of drug-likeness (QED) is 0.226. The Kier molecular flexibility index (Phi) is 11.2. The van der Waals surface area contributed by atoms with Gasteiger partial charge in [-0.3, -0.25) is 0 Å². The maximum Gasteiger partial charge on any atom is 0.328 e. The Morgan fingerprint density at radius 3 is 2.52 bits per heavy atom. The van der Waals surface area contributed by atoms with Gasteiger partial charge in [0, 0.05) is 6.08 Å². The van der Waals surface area contributed by atoms with Crippen molar-refractivity contribution in [1.29, 1.82) is 0 Å². The Morgan fingerprint density at radius 1 is 1.04 bits per heavy atom. The van der Waals surface area contributed by atoms with Gasteiger partial charge in [-0.2, -0.15) is 0 Å². The highest BCUT2D eigenvalue weighted by molar-refractivity contribution is 5.80. The van der Waals surface area contributed by atoms with Gasteiger partial charge in [-0.15, -0.1) is 0 Å². The zero-order valence-electron chi connectivity index (χ0n) is 14.5. The van der Waals surface area contributed by atoms with Gasteiger partial charge in [0.05, 0.1) is 12.2 Å². The fraction of sp³-hybridized carbons (Fsp3) is 0.650. The van der Waals surface area contributed by atoms with E-state index < -0.39 is 5.97 Å². The van der Waals surface area contributed by atoms with E-state index in [4.69, 9.17) is 9.84 Å². The standard InChI is InChI=1S/C20H32O3/c1-2-13-18-16-17-19(23-18)14-11-9-7-5-3-4-6-8-10-12-15-20(21)22/h8-12,15,18-19H,2-7,13-14,16-17H2,1H3,(H,21,22)/b10-8-,11-9?,15-12?. The fourth-order valence-corrected chi connectivity index (χ4v) is 2.87. The number of allylic oxidation sites excluding steroid dienone is 4. The summed E-state index contributed by atoms with van der Waals surface area (Å²) in [5.41, 5.74) is 0. The molecule has 23 heavy (non-hydrogen) atoms. The SMILES string of the molecule is CCCC1CCC(CC=CCCCCC/C=C\C=CC(=O)O)O1. The lowest BCUT2D eigenvalue weighted by Gasteiger charge is -2.10. The van der Waals surface area contributed by atoms with Crippen molar-refractivity contribution in [3.8, 4) is 0 Å². The average Bonchev–Trinajstić information content (AvgIpc) is 2.96. The highest BCUT2D eigenvalue weighted by atomic mass is 16.5. The number of aliphatic carboxylic acids is 1. The van der Waals surface area contributed by atoms with Gasteiger partial charge in [0.15, 0.2) is 0 Å². The Hall–Kier alpha value is -1.35. The molecule has 0 aromatic rings. The summed E-state index contributed by atoms with van der Waals surface area (Å²) < 4.78 is 6.01. The molecule has 1 N–H and O–H groups in total. The van der Waals surface area contributed by atoms with Crippen molar-refractivity contribution >= 4 is 5.97 Å². The van der Waals surface area contributed by atoms with Crippen LogP contribution in [0.4, 0.5) is 0 Å². The second-order valence-corrected chi connectivity index (χ2v) is 6.22.